The molecule has 8 nitrogen and oxygen atoms in total. The molecule has 1 heterocycles. The van der Waals surface area contributed by atoms with Gasteiger partial charge in [-0.3, -0.25) is 0 Å². The van der Waals surface area contributed by atoms with Gasteiger partial charge in [-0.25, -0.2) is 0 Å². The van der Waals surface area contributed by atoms with E-state index in [1.807, 2.05) is 0 Å². The molecule has 0 aromatic carbocycles. The Labute approximate surface area is 72.8 Å². The van der Waals surface area contributed by atoms with Crippen molar-refractivity contribution in [2.45, 2.75) is 18.3 Å². The molecule has 0 saturated carbocycles. The Morgan fingerprint density at radius 1 is 1.31 bits per heavy atom. The number of nitrogens with zero attached hydrogens (tertiary/aromatic N) is 3. The van der Waals surface area contributed by atoms with Crippen LogP contribution in [0.5, 0.6) is 0 Å². The average molecular weight is 190 g/mol. The van der Waals surface area contributed by atoms with Crippen LogP contribution in [0.3, 0.4) is 0 Å². The summed E-state index contributed by atoms with van der Waals surface area (Å²) in [5.74, 6) is -0.139. The van der Waals surface area contributed by atoms with E-state index in [0.29, 0.717) is 0 Å². The van der Waals surface area contributed by atoms with E-state index < -0.39 is 24.9 Å². The Hall–Kier alpha value is -1.09. The number of aromatic nitrogens is 4. The molecule has 5 N–H and O–H groups in total. The highest BCUT2D eigenvalue weighted by atomic mass is 16.4. The summed E-state index contributed by atoms with van der Waals surface area (Å²) in [6.07, 6.45) is -4.45. The first kappa shape index (κ1) is 9.99. The summed E-state index contributed by atoms with van der Waals surface area (Å²) >= 11 is 0. The minimum Gasteiger partial charge on any atom is -0.394 e. The Morgan fingerprint density at radius 3 is 2.46 bits per heavy atom. The molecule has 0 aliphatic heterocycles. The van der Waals surface area contributed by atoms with Gasteiger partial charge < -0.3 is 20.4 Å². The van der Waals surface area contributed by atoms with E-state index in [9.17, 15) is 10.2 Å². The molecule has 13 heavy (non-hydrogen) atoms. The fourth-order valence-corrected chi connectivity index (χ4v) is 0.766. The lowest BCUT2D eigenvalue weighted by Gasteiger charge is -2.18. The second kappa shape index (κ2) is 4.23. The number of H-pyrrole nitrogens is 1. The molecule has 0 aliphatic carbocycles. The molecule has 0 amide bonds. The predicted molar refractivity (Wildman–Crippen MR) is 38.2 cm³/mol. The molecule has 74 valence electrons. The van der Waals surface area contributed by atoms with Gasteiger partial charge in [-0.2, -0.15) is 5.21 Å². The Kier molecular flexibility index (Phi) is 3.25. The van der Waals surface area contributed by atoms with Gasteiger partial charge in [0.2, 0.25) is 5.82 Å². The number of aliphatic hydroxyl groups is 4. The van der Waals surface area contributed by atoms with Crippen molar-refractivity contribution < 1.29 is 20.4 Å². The van der Waals surface area contributed by atoms with Gasteiger partial charge in [0.1, 0.15) is 18.3 Å². The topological polar surface area (TPSA) is 135 Å². The Balaban J connectivity index is 2.62. The van der Waals surface area contributed by atoms with Crippen LogP contribution < -0.4 is 0 Å². The van der Waals surface area contributed by atoms with Crippen molar-refractivity contribution in [3.63, 3.8) is 0 Å². The number of hydrogen-bond donors (Lipinski definition) is 5. The molecule has 0 unspecified atom stereocenters. The minimum atomic E-state index is -1.54. The van der Waals surface area contributed by atoms with E-state index in [-0.39, 0.29) is 5.82 Å². The molecule has 8 heteroatoms. The lowest BCUT2D eigenvalue weighted by Crippen LogP contribution is -2.35. The quantitative estimate of drug-likeness (QED) is 0.340. The van der Waals surface area contributed by atoms with Crippen molar-refractivity contribution in [3.8, 4) is 0 Å². The van der Waals surface area contributed by atoms with Crippen molar-refractivity contribution in [1.82, 2.24) is 20.6 Å². The van der Waals surface area contributed by atoms with E-state index in [1.54, 1.807) is 0 Å². The van der Waals surface area contributed by atoms with Crippen molar-refractivity contribution in [2.75, 3.05) is 6.61 Å². The van der Waals surface area contributed by atoms with Crippen LogP contribution in [0.4, 0.5) is 0 Å². The molecular formula is C5H10N4O4. The first-order valence-electron chi connectivity index (χ1n) is 3.55. The van der Waals surface area contributed by atoms with Crippen LogP contribution in [0.2, 0.25) is 0 Å². The van der Waals surface area contributed by atoms with Crippen LogP contribution in [0.25, 0.3) is 0 Å². The summed E-state index contributed by atoms with van der Waals surface area (Å²) in [5.41, 5.74) is 0. The second-order valence-corrected chi connectivity index (χ2v) is 2.46. The summed E-state index contributed by atoms with van der Waals surface area (Å²) < 4.78 is 0. The van der Waals surface area contributed by atoms with Crippen LogP contribution in [-0.2, 0) is 0 Å². The largest absolute Gasteiger partial charge is 0.394 e. The Bertz CT molecular complexity index is 241. The minimum absolute atomic E-state index is 0.139. The van der Waals surface area contributed by atoms with Gasteiger partial charge in [-0.1, -0.05) is 5.21 Å². The maximum atomic E-state index is 9.27. The molecule has 1 aromatic rings. The normalized spacial score (nSPS) is 18.2. The van der Waals surface area contributed by atoms with E-state index in [2.05, 4.69) is 20.6 Å². The number of hydrogen-bond acceptors (Lipinski definition) is 7. The van der Waals surface area contributed by atoms with Crippen LogP contribution in [-0.4, -0.2) is 59.9 Å². The molecule has 0 bridgehead atoms. The van der Waals surface area contributed by atoms with Gasteiger partial charge in [0.15, 0.2) is 0 Å². The molecule has 1 rings (SSSR count). The first-order valence-corrected chi connectivity index (χ1v) is 3.55. The van der Waals surface area contributed by atoms with Gasteiger partial charge in [0.25, 0.3) is 0 Å². The molecule has 0 radical (unpaired) electrons. The van der Waals surface area contributed by atoms with Gasteiger partial charge in [-0.15, -0.1) is 10.2 Å². The number of aromatic amines is 1. The zero-order valence-corrected chi connectivity index (χ0v) is 6.57. The Morgan fingerprint density at radius 2 is 2.00 bits per heavy atom. The zero-order chi connectivity index (χ0) is 9.84. The molecule has 0 spiro atoms. The van der Waals surface area contributed by atoms with Crippen molar-refractivity contribution >= 4 is 0 Å². The summed E-state index contributed by atoms with van der Waals surface area (Å²) in [4.78, 5) is 0. The van der Waals surface area contributed by atoms with E-state index in [1.165, 1.54) is 0 Å². The summed E-state index contributed by atoms with van der Waals surface area (Å²) in [7, 11) is 0. The standard InChI is InChI=1S/C5H10N4O4/c10-1-2(11)3(12)4(13)5-6-8-9-7-5/h2-4,10-13H,1H2,(H,6,7,8,9)/t2-,3-,4+/m1/s1. The van der Waals surface area contributed by atoms with E-state index in [4.69, 9.17) is 10.2 Å². The predicted octanol–water partition coefficient (Wildman–Crippen LogP) is -3.05. The van der Waals surface area contributed by atoms with E-state index in [0.717, 1.165) is 0 Å². The van der Waals surface area contributed by atoms with Crippen LogP contribution >= 0.6 is 0 Å². The average Bonchev–Trinajstić information content (AvgIpc) is 2.67. The molecule has 3 atom stereocenters. The van der Waals surface area contributed by atoms with E-state index >= 15 is 0 Å². The maximum absolute atomic E-state index is 9.27. The third kappa shape index (κ3) is 2.18. The van der Waals surface area contributed by atoms with Crippen molar-refractivity contribution in [2.24, 2.45) is 0 Å². The number of nitrogens with one attached hydrogen (secondary N) is 1. The lowest BCUT2D eigenvalue weighted by molar-refractivity contribution is -0.0803. The van der Waals surface area contributed by atoms with Crippen LogP contribution in [0, 0.1) is 0 Å². The number of tetrazole rings is 1. The highest BCUT2D eigenvalue weighted by Gasteiger charge is 2.28. The molecular weight excluding hydrogens is 180 g/mol. The molecule has 0 aliphatic rings. The zero-order valence-electron chi connectivity index (χ0n) is 6.57. The second-order valence-electron chi connectivity index (χ2n) is 2.46. The van der Waals surface area contributed by atoms with Gasteiger partial charge in [-0.05, 0) is 0 Å². The van der Waals surface area contributed by atoms with Gasteiger partial charge >= 0.3 is 0 Å². The smallest absolute Gasteiger partial charge is 0.205 e. The van der Waals surface area contributed by atoms with Crippen molar-refractivity contribution in [3.05, 3.63) is 5.82 Å². The fourth-order valence-electron chi connectivity index (χ4n) is 0.766. The number of rotatable bonds is 4. The summed E-state index contributed by atoms with van der Waals surface area (Å²) in [5, 5.41) is 47.9. The highest BCUT2D eigenvalue weighted by Crippen LogP contribution is 2.13. The molecule has 0 saturated heterocycles. The molecule has 1 aromatic heterocycles. The number of aliphatic hydroxyl groups excluding tert-OH is 4. The summed E-state index contributed by atoms with van der Waals surface area (Å²) in [6, 6.07) is 0. The lowest BCUT2D eigenvalue weighted by atomic mass is 10.1. The third-order valence-electron chi connectivity index (χ3n) is 1.53. The molecule has 0 fully saturated rings. The SMILES string of the molecule is OC[C@@H](O)[C@@H](O)[C@H](O)c1nn[nH]n1. The van der Waals surface area contributed by atoms with Gasteiger partial charge in [0.05, 0.1) is 6.61 Å². The first-order chi connectivity index (χ1) is 6.16. The van der Waals surface area contributed by atoms with Gasteiger partial charge in [0, 0.05) is 0 Å². The fraction of sp³-hybridized carbons (Fsp3) is 0.800. The third-order valence-corrected chi connectivity index (χ3v) is 1.53. The maximum Gasteiger partial charge on any atom is 0.205 e. The van der Waals surface area contributed by atoms with Crippen molar-refractivity contribution in [1.29, 1.82) is 0 Å². The van der Waals surface area contributed by atoms with Crippen LogP contribution in [0.1, 0.15) is 11.9 Å². The highest BCUT2D eigenvalue weighted by molar-refractivity contribution is 4.90. The van der Waals surface area contributed by atoms with Crippen LogP contribution in [0.15, 0.2) is 0 Å². The summed E-state index contributed by atoms with van der Waals surface area (Å²) in [6.45, 7) is -0.657. The monoisotopic (exact) mass is 190 g/mol.